The summed E-state index contributed by atoms with van der Waals surface area (Å²) in [4.78, 5) is 2.57. The van der Waals surface area contributed by atoms with Gasteiger partial charge >= 0.3 is 0 Å². The lowest BCUT2D eigenvalue weighted by molar-refractivity contribution is 0.0450. The standard InChI is InChI=1S/C14H28N2O/c1-2-15-11-13-7-8-16(12-13)9-10-17-14-5-3-4-6-14/h13-15H,2-12H2,1H3. The van der Waals surface area contributed by atoms with Crippen molar-refractivity contribution >= 4 is 0 Å². The van der Waals surface area contributed by atoms with E-state index in [2.05, 4.69) is 17.1 Å². The summed E-state index contributed by atoms with van der Waals surface area (Å²) in [6, 6.07) is 0. The number of nitrogens with one attached hydrogen (secondary N) is 1. The van der Waals surface area contributed by atoms with E-state index in [4.69, 9.17) is 4.74 Å². The van der Waals surface area contributed by atoms with Crippen molar-refractivity contribution in [3.63, 3.8) is 0 Å². The molecule has 1 heterocycles. The normalized spacial score (nSPS) is 27.0. The number of ether oxygens (including phenoxy) is 1. The third kappa shape index (κ3) is 4.57. The summed E-state index contributed by atoms with van der Waals surface area (Å²) in [7, 11) is 0. The van der Waals surface area contributed by atoms with Gasteiger partial charge in [0.25, 0.3) is 0 Å². The molecule has 100 valence electrons. The molecule has 1 saturated heterocycles. The van der Waals surface area contributed by atoms with Gasteiger partial charge in [-0.05, 0) is 44.8 Å². The van der Waals surface area contributed by atoms with Crippen molar-refractivity contribution in [3.8, 4) is 0 Å². The highest BCUT2D eigenvalue weighted by atomic mass is 16.5. The maximum absolute atomic E-state index is 5.92. The molecule has 1 N–H and O–H groups in total. The van der Waals surface area contributed by atoms with Gasteiger partial charge in [0.15, 0.2) is 0 Å². The van der Waals surface area contributed by atoms with Crippen molar-refractivity contribution in [2.24, 2.45) is 5.92 Å². The van der Waals surface area contributed by atoms with E-state index in [1.165, 1.54) is 51.7 Å². The van der Waals surface area contributed by atoms with Gasteiger partial charge in [-0.15, -0.1) is 0 Å². The van der Waals surface area contributed by atoms with E-state index in [9.17, 15) is 0 Å². The van der Waals surface area contributed by atoms with E-state index in [0.29, 0.717) is 6.10 Å². The van der Waals surface area contributed by atoms with Crippen LogP contribution in [0.1, 0.15) is 39.0 Å². The topological polar surface area (TPSA) is 24.5 Å². The third-order valence-corrected chi connectivity index (χ3v) is 4.12. The smallest absolute Gasteiger partial charge is 0.0597 e. The van der Waals surface area contributed by atoms with Gasteiger partial charge in [0.2, 0.25) is 0 Å². The Balaban J connectivity index is 1.51. The Kier molecular flexibility index (Phi) is 5.75. The highest BCUT2D eigenvalue weighted by Gasteiger charge is 2.22. The molecule has 2 aliphatic rings. The first-order valence-corrected chi connectivity index (χ1v) is 7.43. The number of likely N-dealkylation sites (tertiary alicyclic amines) is 1. The zero-order valence-corrected chi connectivity index (χ0v) is 11.3. The summed E-state index contributed by atoms with van der Waals surface area (Å²) in [5, 5.41) is 3.45. The summed E-state index contributed by atoms with van der Waals surface area (Å²) in [5.41, 5.74) is 0. The molecule has 2 fully saturated rings. The van der Waals surface area contributed by atoms with E-state index in [1.54, 1.807) is 0 Å². The van der Waals surface area contributed by atoms with Crippen molar-refractivity contribution in [1.82, 2.24) is 10.2 Å². The minimum absolute atomic E-state index is 0.579. The molecule has 0 bridgehead atoms. The van der Waals surface area contributed by atoms with Crippen molar-refractivity contribution in [1.29, 1.82) is 0 Å². The van der Waals surface area contributed by atoms with Gasteiger partial charge < -0.3 is 15.0 Å². The zero-order chi connectivity index (χ0) is 11.9. The van der Waals surface area contributed by atoms with Crippen LogP contribution in [0.15, 0.2) is 0 Å². The second-order valence-corrected chi connectivity index (χ2v) is 5.54. The second kappa shape index (κ2) is 7.34. The molecule has 0 amide bonds. The molecular weight excluding hydrogens is 212 g/mol. The van der Waals surface area contributed by atoms with Crippen LogP contribution in [-0.4, -0.2) is 50.3 Å². The lowest BCUT2D eigenvalue weighted by atomic mass is 10.1. The van der Waals surface area contributed by atoms with Gasteiger partial charge in [0.05, 0.1) is 12.7 Å². The van der Waals surface area contributed by atoms with Crippen molar-refractivity contribution in [2.75, 3.05) is 39.3 Å². The highest BCUT2D eigenvalue weighted by Crippen LogP contribution is 2.21. The molecule has 1 aliphatic heterocycles. The molecule has 0 radical (unpaired) electrons. The molecular formula is C14H28N2O. The quantitative estimate of drug-likeness (QED) is 0.735. The SMILES string of the molecule is CCNCC1CCN(CCOC2CCCC2)C1. The predicted molar refractivity (Wildman–Crippen MR) is 71.3 cm³/mol. The monoisotopic (exact) mass is 240 g/mol. The Morgan fingerprint density at radius 1 is 1.24 bits per heavy atom. The van der Waals surface area contributed by atoms with Crippen LogP contribution in [-0.2, 0) is 4.74 Å². The van der Waals surface area contributed by atoms with Gasteiger partial charge in [-0.25, -0.2) is 0 Å². The van der Waals surface area contributed by atoms with Crippen molar-refractivity contribution < 1.29 is 4.74 Å². The van der Waals surface area contributed by atoms with E-state index in [0.717, 1.165) is 25.6 Å². The lowest BCUT2D eigenvalue weighted by Gasteiger charge is -2.18. The average Bonchev–Trinajstić information content (AvgIpc) is 2.98. The fraction of sp³-hybridized carbons (Fsp3) is 1.00. The van der Waals surface area contributed by atoms with Gasteiger partial charge in [0.1, 0.15) is 0 Å². The maximum Gasteiger partial charge on any atom is 0.0597 e. The van der Waals surface area contributed by atoms with Crippen LogP contribution in [0.3, 0.4) is 0 Å². The molecule has 3 heteroatoms. The number of hydrogen-bond donors (Lipinski definition) is 1. The minimum Gasteiger partial charge on any atom is -0.377 e. The minimum atomic E-state index is 0.579. The van der Waals surface area contributed by atoms with Gasteiger partial charge in [-0.2, -0.15) is 0 Å². The zero-order valence-electron chi connectivity index (χ0n) is 11.3. The van der Waals surface area contributed by atoms with E-state index < -0.39 is 0 Å². The predicted octanol–water partition coefficient (Wildman–Crippen LogP) is 1.88. The molecule has 17 heavy (non-hydrogen) atoms. The third-order valence-electron chi connectivity index (χ3n) is 4.12. The first-order valence-electron chi connectivity index (χ1n) is 7.43. The fourth-order valence-electron chi connectivity index (χ4n) is 3.03. The molecule has 1 saturated carbocycles. The van der Waals surface area contributed by atoms with E-state index in [1.807, 2.05) is 0 Å². The van der Waals surface area contributed by atoms with Crippen LogP contribution in [0.4, 0.5) is 0 Å². The Labute approximate surface area is 106 Å². The summed E-state index contributed by atoms with van der Waals surface area (Å²) in [6.07, 6.45) is 7.27. The molecule has 3 nitrogen and oxygen atoms in total. The molecule has 2 rings (SSSR count). The Bertz CT molecular complexity index is 204. The highest BCUT2D eigenvalue weighted by molar-refractivity contribution is 4.77. The summed E-state index contributed by atoms with van der Waals surface area (Å²) >= 11 is 0. The molecule has 1 unspecified atom stereocenters. The number of rotatable bonds is 7. The van der Waals surface area contributed by atoms with Crippen LogP contribution >= 0.6 is 0 Å². The molecule has 1 aliphatic carbocycles. The molecule has 1 atom stereocenters. The van der Waals surface area contributed by atoms with Crippen LogP contribution < -0.4 is 5.32 Å². The summed E-state index contributed by atoms with van der Waals surface area (Å²) in [6.45, 7) is 9.09. The average molecular weight is 240 g/mol. The van der Waals surface area contributed by atoms with E-state index >= 15 is 0 Å². The summed E-state index contributed by atoms with van der Waals surface area (Å²) in [5.74, 6) is 0.862. The molecule has 0 aromatic rings. The summed E-state index contributed by atoms with van der Waals surface area (Å²) < 4.78 is 5.92. The largest absolute Gasteiger partial charge is 0.377 e. The van der Waals surface area contributed by atoms with Crippen LogP contribution in [0, 0.1) is 5.92 Å². The van der Waals surface area contributed by atoms with Gasteiger partial charge in [-0.3, -0.25) is 0 Å². The van der Waals surface area contributed by atoms with Crippen LogP contribution in [0.25, 0.3) is 0 Å². The van der Waals surface area contributed by atoms with E-state index in [-0.39, 0.29) is 0 Å². The Morgan fingerprint density at radius 2 is 2.06 bits per heavy atom. The van der Waals surface area contributed by atoms with Crippen molar-refractivity contribution in [3.05, 3.63) is 0 Å². The van der Waals surface area contributed by atoms with Crippen LogP contribution in [0.2, 0.25) is 0 Å². The Hall–Kier alpha value is -0.120. The first-order chi connectivity index (χ1) is 8.38. The molecule has 0 aromatic carbocycles. The van der Waals surface area contributed by atoms with Crippen LogP contribution in [0.5, 0.6) is 0 Å². The Morgan fingerprint density at radius 3 is 2.82 bits per heavy atom. The second-order valence-electron chi connectivity index (χ2n) is 5.54. The van der Waals surface area contributed by atoms with Gasteiger partial charge in [0, 0.05) is 13.1 Å². The molecule has 0 aromatic heterocycles. The first kappa shape index (κ1) is 13.3. The lowest BCUT2D eigenvalue weighted by Crippen LogP contribution is -2.29. The fourth-order valence-corrected chi connectivity index (χ4v) is 3.03. The van der Waals surface area contributed by atoms with Gasteiger partial charge in [-0.1, -0.05) is 19.8 Å². The van der Waals surface area contributed by atoms with Crippen molar-refractivity contribution in [2.45, 2.75) is 45.1 Å². The maximum atomic E-state index is 5.92. The number of hydrogen-bond acceptors (Lipinski definition) is 3. The molecule has 0 spiro atoms. The number of nitrogens with zero attached hydrogens (tertiary/aromatic N) is 1.